The van der Waals surface area contributed by atoms with E-state index >= 15 is 0 Å². The highest BCUT2D eigenvalue weighted by Crippen LogP contribution is 2.39. The van der Waals surface area contributed by atoms with Gasteiger partial charge in [-0.3, -0.25) is 5.10 Å². The number of rotatable bonds is 5. The van der Waals surface area contributed by atoms with Gasteiger partial charge in [0, 0.05) is 11.3 Å². The van der Waals surface area contributed by atoms with Crippen LogP contribution in [0.15, 0.2) is 11.1 Å². The highest BCUT2D eigenvalue weighted by Gasteiger charge is 2.34. The van der Waals surface area contributed by atoms with Crippen molar-refractivity contribution >= 4 is 27.6 Å². The van der Waals surface area contributed by atoms with E-state index < -0.39 is 10.0 Å². The molecule has 2 rings (SSSR count). The average molecular weight is 290 g/mol. The summed E-state index contributed by atoms with van der Waals surface area (Å²) in [7, 11) is -3.57. The Morgan fingerprint density at radius 1 is 1.56 bits per heavy atom. The second kappa shape index (κ2) is 5.10. The molecule has 0 bridgehead atoms. The molecule has 102 valence electrons. The molecular weight excluding hydrogens is 272 g/mol. The van der Waals surface area contributed by atoms with E-state index in [0.29, 0.717) is 6.54 Å². The Morgan fingerprint density at radius 3 is 2.72 bits per heavy atom. The van der Waals surface area contributed by atoms with Gasteiger partial charge in [-0.25, -0.2) is 13.1 Å². The zero-order valence-electron chi connectivity index (χ0n) is 10.3. The Hall–Kier alpha value is -0.730. The van der Waals surface area contributed by atoms with Crippen molar-refractivity contribution in [3.8, 4) is 0 Å². The van der Waals surface area contributed by atoms with Crippen molar-refractivity contribution in [1.29, 1.82) is 0 Å². The smallest absolute Gasteiger partial charge is 0.245 e. The summed E-state index contributed by atoms with van der Waals surface area (Å²) in [6.45, 7) is 0.446. The van der Waals surface area contributed by atoms with Crippen LogP contribution in [0, 0.1) is 0 Å². The molecule has 0 aliphatic heterocycles. The third-order valence-electron chi connectivity index (χ3n) is 3.45. The van der Waals surface area contributed by atoms with E-state index in [2.05, 4.69) is 14.9 Å². The number of hydrogen-bond acceptors (Lipinski definition) is 5. The van der Waals surface area contributed by atoms with Crippen LogP contribution in [0.2, 0.25) is 0 Å². The predicted molar refractivity (Wildman–Crippen MR) is 72.9 cm³/mol. The third-order valence-corrected chi connectivity index (χ3v) is 6.30. The fourth-order valence-corrected chi connectivity index (χ4v) is 4.43. The predicted octanol–water partition coefficient (Wildman–Crippen LogP) is 0.946. The van der Waals surface area contributed by atoms with Crippen molar-refractivity contribution < 1.29 is 8.42 Å². The molecule has 0 saturated heterocycles. The number of hydrogen-bond donors (Lipinski definition) is 3. The summed E-state index contributed by atoms with van der Waals surface area (Å²) in [6, 6.07) is 0. The van der Waals surface area contributed by atoms with Gasteiger partial charge in [-0.05, 0) is 19.1 Å². The van der Waals surface area contributed by atoms with Crippen molar-refractivity contribution in [2.24, 2.45) is 0 Å². The molecule has 6 nitrogen and oxygen atoms in total. The van der Waals surface area contributed by atoms with Crippen LogP contribution in [0.3, 0.4) is 0 Å². The molecule has 0 aromatic carbocycles. The van der Waals surface area contributed by atoms with E-state index in [9.17, 15) is 8.42 Å². The fourth-order valence-electron chi connectivity index (χ4n) is 2.28. The van der Waals surface area contributed by atoms with Crippen LogP contribution in [0.5, 0.6) is 0 Å². The van der Waals surface area contributed by atoms with Gasteiger partial charge < -0.3 is 5.73 Å². The number of thioether (sulfide) groups is 1. The number of anilines is 1. The topological polar surface area (TPSA) is 101 Å². The molecule has 1 saturated carbocycles. The molecule has 1 aromatic heterocycles. The number of nitrogen functional groups attached to an aromatic ring is 1. The summed E-state index contributed by atoms with van der Waals surface area (Å²) in [5.41, 5.74) is 5.53. The van der Waals surface area contributed by atoms with Crippen molar-refractivity contribution in [2.45, 2.75) is 35.3 Å². The Morgan fingerprint density at radius 2 is 2.22 bits per heavy atom. The van der Waals surface area contributed by atoms with Crippen molar-refractivity contribution in [2.75, 3.05) is 18.5 Å². The summed E-state index contributed by atoms with van der Waals surface area (Å²) < 4.78 is 26.8. The van der Waals surface area contributed by atoms with E-state index in [1.54, 1.807) is 11.8 Å². The molecule has 0 spiro atoms. The first-order valence-electron chi connectivity index (χ1n) is 5.83. The molecule has 0 unspecified atom stereocenters. The first-order valence-corrected chi connectivity index (χ1v) is 8.54. The zero-order valence-corrected chi connectivity index (χ0v) is 11.9. The molecule has 4 N–H and O–H groups in total. The maximum atomic E-state index is 12.1. The number of H-pyrrole nitrogens is 1. The maximum absolute atomic E-state index is 12.1. The lowest BCUT2D eigenvalue weighted by atomic mass is 10.1. The zero-order chi connectivity index (χ0) is 13.2. The van der Waals surface area contributed by atoms with Gasteiger partial charge in [-0.2, -0.15) is 16.9 Å². The van der Waals surface area contributed by atoms with E-state index in [4.69, 9.17) is 5.73 Å². The molecule has 1 aliphatic rings. The number of aromatic nitrogens is 2. The number of sulfonamides is 1. The second-order valence-corrected chi connectivity index (χ2v) is 7.58. The van der Waals surface area contributed by atoms with Gasteiger partial charge >= 0.3 is 0 Å². The van der Waals surface area contributed by atoms with Gasteiger partial charge in [0.05, 0.1) is 6.20 Å². The average Bonchev–Trinajstić information content (AvgIpc) is 2.96. The van der Waals surface area contributed by atoms with Gasteiger partial charge in [0.1, 0.15) is 10.7 Å². The molecule has 1 fully saturated rings. The van der Waals surface area contributed by atoms with Crippen LogP contribution in [-0.2, 0) is 10.0 Å². The van der Waals surface area contributed by atoms with E-state index in [-0.39, 0.29) is 15.5 Å². The van der Waals surface area contributed by atoms with Gasteiger partial charge in [-0.1, -0.05) is 12.8 Å². The first kappa shape index (κ1) is 13.7. The summed E-state index contributed by atoms with van der Waals surface area (Å²) in [5.74, 6) is 0.0760. The van der Waals surface area contributed by atoms with Crippen LogP contribution in [0.1, 0.15) is 25.7 Å². The molecule has 0 amide bonds. The SMILES string of the molecule is CSC1(CNS(=O)(=O)c2cn[nH]c2N)CCCC1. The quantitative estimate of drug-likeness (QED) is 0.749. The number of aromatic amines is 1. The minimum atomic E-state index is -3.57. The molecule has 18 heavy (non-hydrogen) atoms. The molecular formula is C10H18N4O2S2. The van der Waals surface area contributed by atoms with E-state index in [1.807, 2.05) is 6.26 Å². The second-order valence-electron chi connectivity index (χ2n) is 4.57. The Kier molecular flexibility index (Phi) is 3.88. The van der Waals surface area contributed by atoms with Crippen molar-refractivity contribution in [3.05, 3.63) is 6.20 Å². The van der Waals surface area contributed by atoms with Crippen LogP contribution in [0.25, 0.3) is 0 Å². The highest BCUT2D eigenvalue weighted by atomic mass is 32.2. The first-order chi connectivity index (χ1) is 8.49. The van der Waals surface area contributed by atoms with Crippen LogP contribution in [-0.4, -0.2) is 36.2 Å². The fraction of sp³-hybridized carbons (Fsp3) is 0.700. The lowest BCUT2D eigenvalue weighted by Crippen LogP contribution is -2.38. The standard InChI is InChI=1S/C10H18N4O2S2/c1-17-10(4-2-3-5-10)7-13-18(15,16)8-6-12-14-9(8)11/h6,13H,2-5,7H2,1H3,(H3,11,12,14). The lowest BCUT2D eigenvalue weighted by molar-refractivity contribution is 0.551. The van der Waals surface area contributed by atoms with Crippen LogP contribution in [0.4, 0.5) is 5.82 Å². The Bertz CT molecular complexity index is 506. The van der Waals surface area contributed by atoms with Crippen LogP contribution >= 0.6 is 11.8 Å². The van der Waals surface area contributed by atoms with Gasteiger partial charge in [0.15, 0.2) is 0 Å². The van der Waals surface area contributed by atoms with Gasteiger partial charge in [0.2, 0.25) is 10.0 Å². The molecule has 0 atom stereocenters. The minimum absolute atomic E-state index is 0.0248. The highest BCUT2D eigenvalue weighted by molar-refractivity contribution is 8.00. The summed E-state index contributed by atoms with van der Waals surface area (Å²) >= 11 is 1.74. The maximum Gasteiger partial charge on any atom is 0.245 e. The Balaban J connectivity index is 2.08. The third kappa shape index (κ3) is 2.65. The molecule has 8 heteroatoms. The van der Waals surface area contributed by atoms with Crippen molar-refractivity contribution in [3.63, 3.8) is 0 Å². The van der Waals surface area contributed by atoms with E-state index in [0.717, 1.165) is 25.7 Å². The number of nitrogens with zero attached hydrogens (tertiary/aromatic N) is 1. The lowest BCUT2D eigenvalue weighted by Gasteiger charge is -2.26. The van der Waals surface area contributed by atoms with Crippen LogP contribution < -0.4 is 10.5 Å². The summed E-state index contributed by atoms with van der Waals surface area (Å²) in [5, 5.41) is 6.06. The monoisotopic (exact) mass is 290 g/mol. The van der Waals surface area contributed by atoms with Gasteiger partial charge in [0.25, 0.3) is 0 Å². The minimum Gasteiger partial charge on any atom is -0.383 e. The van der Waals surface area contributed by atoms with Gasteiger partial charge in [-0.15, -0.1) is 0 Å². The molecule has 0 radical (unpaired) electrons. The molecule has 1 heterocycles. The summed E-state index contributed by atoms with van der Waals surface area (Å²) in [6.07, 6.45) is 7.70. The van der Waals surface area contributed by atoms with Crippen molar-refractivity contribution in [1.82, 2.24) is 14.9 Å². The summed E-state index contributed by atoms with van der Waals surface area (Å²) in [4.78, 5) is 0.0248. The molecule has 1 aromatic rings. The number of nitrogens with one attached hydrogen (secondary N) is 2. The number of nitrogens with two attached hydrogens (primary N) is 1. The normalized spacial score (nSPS) is 19.2. The largest absolute Gasteiger partial charge is 0.383 e. The molecule has 1 aliphatic carbocycles. The Labute approximate surface area is 111 Å². The van der Waals surface area contributed by atoms with E-state index in [1.165, 1.54) is 6.20 Å².